The molecule has 6 rings (SSSR count). The molecule has 4 atom stereocenters. The van der Waals surface area contributed by atoms with Crippen LogP contribution in [0, 0.1) is 11.8 Å². The number of carbonyl (C=O) groups is 4. The smallest absolute Gasteiger partial charge is 0.410 e. The molecule has 10 heteroatoms. The molecule has 10 nitrogen and oxygen atoms in total. The van der Waals surface area contributed by atoms with Crippen molar-refractivity contribution in [3.8, 4) is 0 Å². The van der Waals surface area contributed by atoms with Crippen LogP contribution >= 0.6 is 0 Å². The molecule has 2 fully saturated rings. The van der Waals surface area contributed by atoms with E-state index in [4.69, 9.17) is 9.47 Å². The highest BCUT2D eigenvalue weighted by Crippen LogP contribution is 2.36. The van der Waals surface area contributed by atoms with Crippen molar-refractivity contribution < 1.29 is 38.9 Å². The van der Waals surface area contributed by atoms with Crippen LogP contribution in [0.1, 0.15) is 60.0 Å². The molecule has 0 radical (unpaired) electrons. The number of hydrogen-bond acceptors (Lipinski definition) is 6. The van der Waals surface area contributed by atoms with Gasteiger partial charge in [-0.15, -0.1) is 0 Å². The summed E-state index contributed by atoms with van der Waals surface area (Å²) in [7, 11) is 0. The predicted molar refractivity (Wildman–Crippen MR) is 186 cm³/mol. The standard InChI is InChI=1S/2C20H21NO4/c2*22-19(23)17-11-12-21(18(13-17)16-9-5-2-6-10-16)20(24)25-14-15-7-3-1-4-8-15/h2*1-10,17-18H,11-14H2,(H,22,23). The van der Waals surface area contributed by atoms with Crippen molar-refractivity contribution in [1.29, 1.82) is 0 Å². The molecule has 2 aliphatic rings. The average molecular weight is 679 g/mol. The van der Waals surface area contributed by atoms with Crippen molar-refractivity contribution in [3.05, 3.63) is 144 Å². The molecule has 2 saturated heterocycles. The Hall–Kier alpha value is -5.64. The van der Waals surface area contributed by atoms with Gasteiger partial charge in [-0.05, 0) is 47.9 Å². The second-order valence-corrected chi connectivity index (χ2v) is 12.4. The summed E-state index contributed by atoms with van der Waals surface area (Å²) in [6, 6.07) is 37.5. The van der Waals surface area contributed by atoms with Crippen molar-refractivity contribution in [2.75, 3.05) is 13.1 Å². The van der Waals surface area contributed by atoms with Crippen LogP contribution in [0.25, 0.3) is 0 Å². The number of amides is 2. The van der Waals surface area contributed by atoms with Crippen molar-refractivity contribution in [1.82, 2.24) is 9.80 Å². The largest absolute Gasteiger partial charge is 0.481 e. The summed E-state index contributed by atoms with van der Waals surface area (Å²) in [5.41, 5.74) is 3.72. The molecule has 2 N–H and O–H groups in total. The van der Waals surface area contributed by atoms with Crippen LogP contribution in [0.3, 0.4) is 0 Å². The number of carboxylic acid groups (broad SMARTS) is 2. The van der Waals surface area contributed by atoms with E-state index in [1.807, 2.05) is 121 Å². The lowest BCUT2D eigenvalue weighted by molar-refractivity contribution is -0.144. The molecule has 0 aromatic heterocycles. The van der Waals surface area contributed by atoms with E-state index in [9.17, 15) is 29.4 Å². The summed E-state index contributed by atoms with van der Waals surface area (Å²) in [6.07, 6.45) is 0.890. The SMILES string of the molecule is O=C(O)C1CCN(C(=O)OCc2ccccc2)C(c2ccccc2)C1.O=C(O)C1CCN(C(=O)OCc2ccccc2)C(c2ccccc2)C1. The minimum atomic E-state index is -0.807. The van der Waals surface area contributed by atoms with E-state index in [-0.39, 0.29) is 25.3 Å². The van der Waals surface area contributed by atoms with E-state index >= 15 is 0 Å². The fourth-order valence-electron chi connectivity index (χ4n) is 6.40. The number of rotatable bonds is 8. The fraction of sp³-hybridized carbons (Fsp3) is 0.300. The monoisotopic (exact) mass is 678 g/mol. The lowest BCUT2D eigenvalue weighted by Crippen LogP contribution is -2.42. The van der Waals surface area contributed by atoms with Gasteiger partial charge in [0.1, 0.15) is 13.2 Å². The Balaban J connectivity index is 0.000000194. The van der Waals surface area contributed by atoms with E-state index in [0.29, 0.717) is 38.8 Å². The van der Waals surface area contributed by atoms with Gasteiger partial charge in [0.15, 0.2) is 0 Å². The number of aliphatic carboxylic acids is 2. The van der Waals surface area contributed by atoms with Gasteiger partial charge >= 0.3 is 24.1 Å². The van der Waals surface area contributed by atoms with E-state index < -0.39 is 36.0 Å². The highest BCUT2D eigenvalue weighted by Gasteiger charge is 2.37. The maximum absolute atomic E-state index is 12.6. The first-order chi connectivity index (χ1) is 24.3. The second-order valence-electron chi connectivity index (χ2n) is 12.4. The molecule has 0 saturated carbocycles. The molecule has 4 aromatic rings. The summed E-state index contributed by atoms with van der Waals surface area (Å²) in [5.74, 6) is -2.50. The number of carbonyl (C=O) groups excluding carboxylic acids is 2. The Bertz CT molecular complexity index is 1560. The van der Waals surface area contributed by atoms with Crippen molar-refractivity contribution >= 4 is 24.1 Å². The Labute approximate surface area is 291 Å². The van der Waals surface area contributed by atoms with Gasteiger partial charge in [0.05, 0.1) is 23.9 Å². The van der Waals surface area contributed by atoms with Crippen LogP contribution in [-0.2, 0) is 32.3 Å². The summed E-state index contributed by atoms with van der Waals surface area (Å²) in [5, 5.41) is 18.7. The summed E-state index contributed by atoms with van der Waals surface area (Å²) in [4.78, 5) is 51.2. The Morgan fingerprint density at radius 1 is 0.520 bits per heavy atom. The van der Waals surface area contributed by atoms with Gasteiger partial charge in [0, 0.05) is 13.1 Å². The van der Waals surface area contributed by atoms with Gasteiger partial charge in [0.2, 0.25) is 0 Å². The van der Waals surface area contributed by atoms with E-state index in [2.05, 4.69) is 0 Å². The fourth-order valence-corrected chi connectivity index (χ4v) is 6.40. The molecule has 4 aromatic carbocycles. The summed E-state index contributed by atoms with van der Waals surface area (Å²) in [6.45, 7) is 1.17. The maximum Gasteiger partial charge on any atom is 0.410 e. The van der Waals surface area contributed by atoms with Crippen LogP contribution in [0.2, 0.25) is 0 Å². The Morgan fingerprint density at radius 2 is 0.840 bits per heavy atom. The van der Waals surface area contributed by atoms with Crippen LogP contribution in [0.4, 0.5) is 9.59 Å². The van der Waals surface area contributed by atoms with Crippen molar-refractivity contribution in [2.24, 2.45) is 11.8 Å². The molecular weight excluding hydrogens is 636 g/mol. The van der Waals surface area contributed by atoms with Gasteiger partial charge in [0.25, 0.3) is 0 Å². The molecule has 2 amide bonds. The Morgan fingerprint density at radius 3 is 1.16 bits per heavy atom. The van der Waals surface area contributed by atoms with Crippen LogP contribution in [0.15, 0.2) is 121 Å². The van der Waals surface area contributed by atoms with Crippen LogP contribution in [0.5, 0.6) is 0 Å². The predicted octanol–water partition coefficient (Wildman–Crippen LogP) is 7.72. The zero-order valence-corrected chi connectivity index (χ0v) is 27.8. The third kappa shape index (κ3) is 9.72. The first-order valence-electron chi connectivity index (χ1n) is 16.8. The van der Waals surface area contributed by atoms with E-state index in [1.165, 1.54) is 0 Å². The molecular formula is C40H42N2O8. The van der Waals surface area contributed by atoms with Gasteiger partial charge in [-0.25, -0.2) is 9.59 Å². The number of ether oxygens (including phenoxy) is 2. The number of nitrogens with zero attached hydrogens (tertiary/aromatic N) is 2. The summed E-state index contributed by atoms with van der Waals surface area (Å²) >= 11 is 0. The highest BCUT2D eigenvalue weighted by atomic mass is 16.6. The quantitative estimate of drug-likeness (QED) is 0.194. The van der Waals surface area contributed by atoms with E-state index in [0.717, 1.165) is 22.3 Å². The molecule has 4 unspecified atom stereocenters. The number of piperidine rings is 2. The zero-order chi connectivity index (χ0) is 35.3. The maximum atomic E-state index is 12.6. The van der Waals surface area contributed by atoms with Crippen molar-refractivity contribution in [3.63, 3.8) is 0 Å². The third-order valence-electron chi connectivity index (χ3n) is 9.15. The first-order valence-corrected chi connectivity index (χ1v) is 16.8. The zero-order valence-electron chi connectivity index (χ0n) is 27.8. The van der Waals surface area contributed by atoms with Gasteiger partial charge in [-0.2, -0.15) is 0 Å². The number of carboxylic acids is 2. The van der Waals surface area contributed by atoms with Crippen molar-refractivity contribution in [2.45, 2.75) is 51.0 Å². The van der Waals surface area contributed by atoms with Gasteiger partial charge in [-0.3, -0.25) is 9.59 Å². The number of benzene rings is 4. The Kier molecular flexibility index (Phi) is 12.6. The van der Waals surface area contributed by atoms with Gasteiger partial charge < -0.3 is 29.5 Å². The minimum Gasteiger partial charge on any atom is -0.481 e. The molecule has 2 aliphatic heterocycles. The lowest BCUT2D eigenvalue weighted by atomic mass is 9.87. The minimum absolute atomic E-state index is 0.208. The van der Waals surface area contributed by atoms with Crippen LogP contribution in [-0.4, -0.2) is 57.2 Å². The second kappa shape index (κ2) is 17.7. The highest BCUT2D eigenvalue weighted by molar-refractivity contribution is 5.73. The summed E-state index contributed by atoms with van der Waals surface area (Å²) < 4.78 is 10.9. The number of hydrogen-bond donors (Lipinski definition) is 2. The third-order valence-corrected chi connectivity index (χ3v) is 9.15. The lowest BCUT2D eigenvalue weighted by Gasteiger charge is -2.37. The van der Waals surface area contributed by atoms with Gasteiger partial charge in [-0.1, -0.05) is 121 Å². The number of likely N-dealkylation sites (tertiary alicyclic amines) is 2. The topological polar surface area (TPSA) is 134 Å². The molecule has 2 heterocycles. The first kappa shape index (κ1) is 35.7. The normalized spacial score (nSPS) is 20.1. The molecule has 50 heavy (non-hydrogen) atoms. The molecule has 0 aliphatic carbocycles. The molecule has 0 bridgehead atoms. The molecule has 0 spiro atoms. The average Bonchev–Trinajstić information content (AvgIpc) is 3.17. The molecule has 260 valence electrons. The van der Waals surface area contributed by atoms with E-state index in [1.54, 1.807) is 9.80 Å². The van der Waals surface area contributed by atoms with Crippen LogP contribution < -0.4 is 0 Å².